The van der Waals surface area contributed by atoms with E-state index in [4.69, 9.17) is 4.42 Å². The van der Waals surface area contributed by atoms with Crippen LogP contribution in [-0.4, -0.2) is 32.1 Å². The van der Waals surface area contributed by atoms with E-state index in [1.54, 1.807) is 12.2 Å². The Balaban J connectivity index is 1.30. The van der Waals surface area contributed by atoms with Crippen molar-refractivity contribution in [1.82, 2.24) is 19.7 Å². The van der Waals surface area contributed by atoms with Gasteiger partial charge in [-0.1, -0.05) is 13.3 Å². The molecule has 0 N–H and O–H groups in total. The molecule has 6 heteroatoms. The number of carbonyl (C=O) groups is 1. The molecular formula is C22H28N4O2. The van der Waals surface area contributed by atoms with Gasteiger partial charge in [0.2, 0.25) is 5.91 Å². The zero-order valence-electron chi connectivity index (χ0n) is 16.5. The van der Waals surface area contributed by atoms with Crippen molar-refractivity contribution in [2.45, 2.75) is 70.4 Å². The average Bonchev–Trinajstić information content (AvgIpc) is 3.08. The summed E-state index contributed by atoms with van der Waals surface area (Å²) in [5.41, 5.74) is 0. The van der Waals surface area contributed by atoms with Crippen molar-refractivity contribution in [3.05, 3.63) is 41.4 Å². The number of carbonyl (C=O) groups excluding carboxylic acids is 1. The summed E-state index contributed by atoms with van der Waals surface area (Å²) in [6.45, 7) is 3.99. The summed E-state index contributed by atoms with van der Waals surface area (Å²) in [6, 6.07) is 4.04. The molecule has 0 unspecified atom stereocenters. The minimum atomic E-state index is 0.0335. The molecule has 0 radical (unpaired) electrons. The highest BCUT2D eigenvalue weighted by Crippen LogP contribution is 2.47. The first kappa shape index (κ1) is 17.7. The lowest BCUT2D eigenvalue weighted by molar-refractivity contribution is -0.127. The molecule has 1 aliphatic carbocycles. The lowest BCUT2D eigenvalue weighted by atomic mass is 10.2. The number of likely N-dealkylation sites (tertiary alicyclic amines) is 1. The van der Waals surface area contributed by atoms with Crippen molar-refractivity contribution >= 4 is 12.0 Å². The second-order valence-electron chi connectivity index (χ2n) is 8.52. The maximum absolute atomic E-state index is 12.9. The van der Waals surface area contributed by atoms with E-state index in [0.717, 1.165) is 55.5 Å². The molecule has 1 amide bonds. The minimum Gasteiger partial charge on any atom is -0.461 e. The van der Waals surface area contributed by atoms with Crippen molar-refractivity contribution in [3.8, 4) is 0 Å². The van der Waals surface area contributed by atoms with E-state index >= 15 is 0 Å². The average molecular weight is 380 g/mol. The molecule has 3 atom stereocenters. The van der Waals surface area contributed by atoms with Gasteiger partial charge in [0.25, 0.3) is 0 Å². The predicted molar refractivity (Wildman–Crippen MR) is 106 cm³/mol. The number of amides is 1. The molecule has 5 rings (SSSR count). The van der Waals surface area contributed by atoms with Crippen LogP contribution in [-0.2, 0) is 17.8 Å². The normalized spacial score (nSPS) is 27.2. The van der Waals surface area contributed by atoms with Crippen LogP contribution in [0.25, 0.3) is 6.08 Å². The molecule has 1 saturated carbocycles. The van der Waals surface area contributed by atoms with Gasteiger partial charge < -0.3 is 13.9 Å². The van der Waals surface area contributed by atoms with Gasteiger partial charge in [0.15, 0.2) is 5.82 Å². The molecule has 2 aromatic rings. The Morgan fingerprint density at radius 2 is 2.07 bits per heavy atom. The summed E-state index contributed by atoms with van der Waals surface area (Å²) in [7, 11) is 0. The Bertz CT molecular complexity index is 896. The van der Waals surface area contributed by atoms with Crippen LogP contribution in [0.3, 0.4) is 0 Å². The van der Waals surface area contributed by atoms with Crippen molar-refractivity contribution in [1.29, 1.82) is 0 Å². The number of fused-ring (bicyclic) bond motifs is 1. The highest BCUT2D eigenvalue weighted by atomic mass is 16.3. The maximum Gasteiger partial charge on any atom is 0.247 e. The molecular weight excluding hydrogens is 352 g/mol. The molecule has 1 saturated heterocycles. The molecule has 28 heavy (non-hydrogen) atoms. The van der Waals surface area contributed by atoms with E-state index in [0.29, 0.717) is 11.8 Å². The molecule has 2 aromatic heterocycles. The van der Waals surface area contributed by atoms with E-state index in [1.807, 2.05) is 17.0 Å². The van der Waals surface area contributed by atoms with E-state index < -0.39 is 0 Å². The minimum absolute atomic E-state index is 0.0335. The van der Waals surface area contributed by atoms with Gasteiger partial charge in [0.05, 0.1) is 6.04 Å². The molecule has 0 bridgehead atoms. The molecule has 3 aliphatic rings. The van der Waals surface area contributed by atoms with Gasteiger partial charge in [-0.3, -0.25) is 4.79 Å². The first-order valence-electron chi connectivity index (χ1n) is 10.7. The lowest BCUT2D eigenvalue weighted by Crippen LogP contribution is -2.30. The van der Waals surface area contributed by atoms with Gasteiger partial charge in [0, 0.05) is 31.5 Å². The lowest BCUT2D eigenvalue weighted by Gasteiger charge is -2.23. The van der Waals surface area contributed by atoms with Gasteiger partial charge in [-0.2, -0.15) is 0 Å². The van der Waals surface area contributed by atoms with Crippen LogP contribution in [0.4, 0.5) is 0 Å². The van der Waals surface area contributed by atoms with Crippen molar-refractivity contribution in [2.75, 3.05) is 6.54 Å². The summed E-state index contributed by atoms with van der Waals surface area (Å²) in [5.74, 6) is 5.17. The fourth-order valence-electron chi connectivity index (χ4n) is 4.68. The van der Waals surface area contributed by atoms with Gasteiger partial charge in [-0.15, -0.1) is 10.2 Å². The molecule has 6 nitrogen and oxygen atoms in total. The topological polar surface area (TPSA) is 64.2 Å². The molecule has 4 heterocycles. The third-order valence-electron chi connectivity index (χ3n) is 6.48. The van der Waals surface area contributed by atoms with Gasteiger partial charge in [0.1, 0.15) is 17.3 Å². The Morgan fingerprint density at radius 1 is 1.18 bits per heavy atom. The number of aryl methyl sites for hydroxylation is 1. The summed E-state index contributed by atoms with van der Waals surface area (Å²) in [4.78, 5) is 14.9. The molecule has 0 spiro atoms. The predicted octanol–water partition coefficient (Wildman–Crippen LogP) is 4.10. The third kappa shape index (κ3) is 3.29. The third-order valence-corrected chi connectivity index (χ3v) is 6.48. The van der Waals surface area contributed by atoms with E-state index in [-0.39, 0.29) is 11.9 Å². The fraction of sp³-hybridized carbons (Fsp3) is 0.591. The first-order valence-corrected chi connectivity index (χ1v) is 10.7. The van der Waals surface area contributed by atoms with E-state index in [2.05, 4.69) is 21.7 Å². The van der Waals surface area contributed by atoms with Crippen LogP contribution in [0.5, 0.6) is 0 Å². The monoisotopic (exact) mass is 380 g/mol. The molecule has 2 fully saturated rings. The molecule has 0 aromatic carbocycles. The van der Waals surface area contributed by atoms with Gasteiger partial charge >= 0.3 is 0 Å². The largest absolute Gasteiger partial charge is 0.461 e. The number of hydrogen-bond acceptors (Lipinski definition) is 4. The summed E-state index contributed by atoms with van der Waals surface area (Å²) >= 11 is 0. The summed E-state index contributed by atoms with van der Waals surface area (Å²) in [5, 5.41) is 8.91. The number of hydrogen-bond donors (Lipinski definition) is 0. The van der Waals surface area contributed by atoms with Crippen molar-refractivity contribution in [3.63, 3.8) is 0 Å². The smallest absolute Gasteiger partial charge is 0.247 e. The Hall–Kier alpha value is -2.37. The quantitative estimate of drug-likeness (QED) is 0.749. The number of furan rings is 1. The Labute approximate surface area is 165 Å². The summed E-state index contributed by atoms with van der Waals surface area (Å²) in [6.07, 6.45) is 11.2. The summed E-state index contributed by atoms with van der Waals surface area (Å²) < 4.78 is 8.16. The second-order valence-corrected chi connectivity index (χ2v) is 8.52. The van der Waals surface area contributed by atoms with Crippen molar-refractivity contribution < 1.29 is 9.21 Å². The standard InChI is InChI=1S/C22H28N4O2/c1-15-14-17(15)19-10-8-16(28-19)9-11-21(27)25-13-5-6-18(25)22-24-23-20-7-3-2-4-12-26(20)22/h8-11,15,17-18H,2-7,12-14H2,1H3/b11-9-/t15-,17+,18-/m1/s1. The number of rotatable bonds is 4. The molecule has 2 aliphatic heterocycles. The van der Waals surface area contributed by atoms with Gasteiger partial charge in [-0.05, 0) is 56.2 Å². The molecule has 148 valence electrons. The maximum atomic E-state index is 12.9. The van der Waals surface area contributed by atoms with Gasteiger partial charge in [-0.25, -0.2) is 0 Å². The van der Waals surface area contributed by atoms with Crippen LogP contribution in [0, 0.1) is 5.92 Å². The SMILES string of the molecule is C[C@@H]1C[C@@H]1c1ccc(/C=C\C(=O)N2CCC[C@@H]2c2nnc3n2CCCCC3)o1. The van der Waals surface area contributed by atoms with Crippen LogP contribution in [0.1, 0.15) is 80.6 Å². The second kappa shape index (κ2) is 7.22. The van der Waals surface area contributed by atoms with Crippen LogP contribution < -0.4 is 0 Å². The van der Waals surface area contributed by atoms with E-state index in [9.17, 15) is 4.79 Å². The Morgan fingerprint density at radius 3 is 2.93 bits per heavy atom. The first-order chi connectivity index (χ1) is 13.7. The van der Waals surface area contributed by atoms with Crippen LogP contribution in [0.2, 0.25) is 0 Å². The fourth-order valence-corrected chi connectivity index (χ4v) is 4.68. The highest BCUT2D eigenvalue weighted by molar-refractivity contribution is 5.91. The zero-order chi connectivity index (χ0) is 19.1. The zero-order valence-corrected chi connectivity index (χ0v) is 16.5. The van der Waals surface area contributed by atoms with Crippen LogP contribution >= 0.6 is 0 Å². The van der Waals surface area contributed by atoms with Crippen LogP contribution in [0.15, 0.2) is 22.6 Å². The van der Waals surface area contributed by atoms with Crippen molar-refractivity contribution in [2.24, 2.45) is 5.92 Å². The number of nitrogens with zero attached hydrogens (tertiary/aromatic N) is 4. The van der Waals surface area contributed by atoms with E-state index in [1.165, 1.54) is 25.7 Å². The Kier molecular flexibility index (Phi) is 4.57. The number of aromatic nitrogens is 3. The highest BCUT2D eigenvalue weighted by Gasteiger charge is 2.36.